The molecule has 0 aliphatic carbocycles. The van der Waals surface area contributed by atoms with E-state index in [1.807, 2.05) is 0 Å². The molecule has 0 aliphatic rings. The van der Waals surface area contributed by atoms with Gasteiger partial charge in [-0.2, -0.15) is 0 Å². The molecule has 0 aliphatic heterocycles. The summed E-state index contributed by atoms with van der Waals surface area (Å²) in [6.07, 6.45) is 0. The fourth-order valence-electron chi connectivity index (χ4n) is 0.898. The van der Waals surface area contributed by atoms with Crippen molar-refractivity contribution in [3.05, 3.63) is 24.8 Å². The summed E-state index contributed by atoms with van der Waals surface area (Å²) < 4.78 is 3.43. The van der Waals surface area contributed by atoms with Gasteiger partial charge in [-0.15, -0.1) is 0 Å². The lowest BCUT2D eigenvalue weighted by molar-refractivity contribution is 1.36. The highest BCUT2D eigenvalue weighted by atomic mass is 127. The quantitative estimate of drug-likeness (QED) is 0.331. The first-order valence-corrected chi connectivity index (χ1v) is 6.88. The summed E-state index contributed by atoms with van der Waals surface area (Å²) in [5, 5.41) is 0. The molecular weight excluding hydrogens is 491 g/mol. The molecule has 0 radical (unpaired) electrons. The lowest BCUT2D eigenvalue weighted by atomic mass is 10.2. The zero-order valence-electron chi connectivity index (χ0n) is 6.15. The first-order valence-electron chi connectivity index (χ1n) is 3.19. The van der Waals surface area contributed by atoms with Crippen LogP contribution in [-0.4, -0.2) is 6.72 Å². The van der Waals surface area contributed by atoms with Crippen LogP contribution in [0.3, 0.4) is 0 Å². The molecule has 0 N–H and O–H groups in total. The van der Waals surface area contributed by atoms with Crippen LogP contribution in [0.4, 0.5) is 5.69 Å². The minimum absolute atomic E-state index is 0.985. The Bertz CT molecular complexity index is 309. The van der Waals surface area contributed by atoms with Gasteiger partial charge in [0, 0.05) is 11.6 Å². The average molecular weight is 497 g/mol. The zero-order valence-corrected chi connectivity index (χ0v) is 12.6. The second kappa shape index (κ2) is 5.08. The van der Waals surface area contributed by atoms with Gasteiger partial charge in [-0.05, 0) is 69.6 Å². The van der Waals surface area contributed by atoms with Gasteiger partial charge in [-0.25, -0.2) is 0 Å². The van der Waals surface area contributed by atoms with Crippen LogP contribution in [0.5, 0.6) is 0 Å². The summed E-state index contributed by atoms with van der Waals surface area (Å²) in [7, 11) is 0. The van der Waals surface area contributed by atoms with E-state index in [1.54, 1.807) is 0 Å². The lowest BCUT2D eigenvalue weighted by Gasteiger charge is -2.04. The van der Waals surface area contributed by atoms with Crippen molar-refractivity contribution in [3.8, 4) is 0 Å². The molecule has 0 saturated heterocycles. The Kier molecular flexibility index (Phi) is 4.73. The Balaban J connectivity index is 3.33. The molecule has 1 nitrogen and oxygen atoms in total. The van der Waals surface area contributed by atoms with E-state index in [0.717, 1.165) is 10.1 Å². The molecule has 0 atom stereocenters. The second-order valence-electron chi connectivity index (χ2n) is 2.19. The Hall–Kier alpha value is 1.08. The number of nitrogens with zero attached hydrogens (tertiary/aromatic N) is 1. The Morgan fingerprint density at radius 1 is 1.33 bits per heavy atom. The van der Waals surface area contributed by atoms with Crippen LogP contribution in [0, 0.1) is 7.14 Å². The lowest BCUT2D eigenvalue weighted by Crippen LogP contribution is -1.85. The predicted molar refractivity (Wildman–Crippen MR) is 78.8 cm³/mol. The van der Waals surface area contributed by atoms with E-state index >= 15 is 0 Å². The molecule has 0 fully saturated rings. The van der Waals surface area contributed by atoms with E-state index in [2.05, 4.69) is 91.6 Å². The summed E-state index contributed by atoms with van der Waals surface area (Å²) in [5.41, 5.74) is 2.30. The third-order valence-electron chi connectivity index (χ3n) is 1.41. The summed E-state index contributed by atoms with van der Waals surface area (Å²) in [6, 6.07) is 4.26. The molecule has 0 aromatic heterocycles. The van der Waals surface area contributed by atoms with Crippen molar-refractivity contribution >= 4 is 80.2 Å². The van der Waals surface area contributed by atoms with Gasteiger partial charge >= 0.3 is 0 Å². The summed E-state index contributed by atoms with van der Waals surface area (Å²) >= 11 is 6.95. The second-order valence-corrected chi connectivity index (χ2v) is 5.36. The van der Waals surface area contributed by atoms with Crippen molar-refractivity contribution in [3.63, 3.8) is 0 Å². The molecule has 0 bridgehead atoms. The Labute approximate surface area is 113 Å². The van der Waals surface area contributed by atoms with Gasteiger partial charge in [0.1, 0.15) is 0 Å². The van der Waals surface area contributed by atoms with Crippen LogP contribution in [0.2, 0.25) is 0 Å². The van der Waals surface area contributed by atoms with E-state index in [-0.39, 0.29) is 0 Å². The van der Waals surface area contributed by atoms with Crippen LogP contribution >= 0.6 is 67.8 Å². The predicted octanol–water partition coefficient (Wildman–Crippen LogP) is 4.16. The first-order chi connectivity index (χ1) is 5.69. The highest BCUT2D eigenvalue weighted by Crippen LogP contribution is 2.29. The summed E-state index contributed by atoms with van der Waals surface area (Å²) in [6.45, 7) is 3.57. The molecule has 0 amide bonds. The van der Waals surface area contributed by atoms with Crippen LogP contribution in [0.15, 0.2) is 17.1 Å². The van der Waals surface area contributed by atoms with E-state index in [1.165, 1.54) is 12.7 Å². The molecule has 12 heavy (non-hydrogen) atoms. The van der Waals surface area contributed by atoms with Gasteiger partial charge in [0.25, 0.3) is 0 Å². The third kappa shape index (κ3) is 2.53. The van der Waals surface area contributed by atoms with Crippen molar-refractivity contribution in [1.29, 1.82) is 0 Å². The van der Waals surface area contributed by atoms with Gasteiger partial charge in [0.05, 0.1) is 5.69 Å². The van der Waals surface area contributed by atoms with Gasteiger partial charge < -0.3 is 0 Å². The molecule has 0 unspecified atom stereocenters. The average Bonchev–Trinajstić information content (AvgIpc) is 2.03. The fourth-order valence-corrected chi connectivity index (χ4v) is 3.62. The normalized spacial score (nSPS) is 9.92. The minimum Gasteiger partial charge on any atom is -0.263 e. The third-order valence-corrected chi connectivity index (χ3v) is 3.68. The van der Waals surface area contributed by atoms with Crippen LogP contribution in [0.25, 0.3) is 0 Å². The highest BCUT2D eigenvalue weighted by Gasteiger charge is 2.05. The number of rotatable bonds is 2. The SMILES string of the molecule is C=Nc1c(I)cc(I)cc1CI. The van der Waals surface area contributed by atoms with E-state index < -0.39 is 0 Å². The molecule has 64 valence electrons. The minimum atomic E-state index is 0.985. The van der Waals surface area contributed by atoms with Crippen LogP contribution in [-0.2, 0) is 4.43 Å². The van der Waals surface area contributed by atoms with Gasteiger partial charge in [-0.3, -0.25) is 4.99 Å². The van der Waals surface area contributed by atoms with Gasteiger partial charge in [-0.1, -0.05) is 22.6 Å². The maximum Gasteiger partial charge on any atom is 0.0796 e. The Morgan fingerprint density at radius 2 is 2.00 bits per heavy atom. The smallest absolute Gasteiger partial charge is 0.0796 e. The molecule has 0 spiro atoms. The number of hydrogen-bond donors (Lipinski definition) is 0. The number of alkyl halides is 1. The van der Waals surface area contributed by atoms with Crippen LogP contribution < -0.4 is 0 Å². The number of benzene rings is 1. The Morgan fingerprint density at radius 3 is 2.50 bits per heavy atom. The fraction of sp³-hybridized carbons (Fsp3) is 0.125. The maximum atomic E-state index is 4.02. The molecular formula is C8H6I3N. The molecule has 4 heteroatoms. The number of halogens is 3. The van der Waals surface area contributed by atoms with E-state index in [4.69, 9.17) is 0 Å². The highest BCUT2D eigenvalue weighted by molar-refractivity contribution is 14.1. The van der Waals surface area contributed by atoms with Crippen molar-refractivity contribution in [2.75, 3.05) is 0 Å². The summed E-state index contributed by atoms with van der Waals surface area (Å²) in [5.74, 6) is 0. The van der Waals surface area contributed by atoms with E-state index in [9.17, 15) is 0 Å². The molecule has 1 aromatic rings. The molecule has 0 heterocycles. The van der Waals surface area contributed by atoms with Gasteiger partial charge in [0.15, 0.2) is 0 Å². The van der Waals surface area contributed by atoms with Crippen molar-refractivity contribution in [2.45, 2.75) is 4.43 Å². The first kappa shape index (κ1) is 11.2. The topological polar surface area (TPSA) is 12.4 Å². The molecule has 1 aromatic carbocycles. The van der Waals surface area contributed by atoms with Crippen molar-refractivity contribution in [1.82, 2.24) is 0 Å². The summed E-state index contributed by atoms with van der Waals surface area (Å²) in [4.78, 5) is 4.02. The number of hydrogen-bond acceptors (Lipinski definition) is 1. The van der Waals surface area contributed by atoms with Gasteiger partial charge in [0.2, 0.25) is 0 Å². The number of aliphatic imine (C=N–C) groups is 1. The van der Waals surface area contributed by atoms with Crippen LogP contribution in [0.1, 0.15) is 5.56 Å². The monoisotopic (exact) mass is 497 g/mol. The zero-order chi connectivity index (χ0) is 9.14. The standard InChI is InChI=1S/C8H6I3N/c1-12-8-5(4-9)2-6(10)3-7(8)11/h2-3H,1,4H2. The van der Waals surface area contributed by atoms with E-state index in [0.29, 0.717) is 0 Å². The van der Waals surface area contributed by atoms with Crippen molar-refractivity contribution < 1.29 is 0 Å². The largest absolute Gasteiger partial charge is 0.263 e. The van der Waals surface area contributed by atoms with Crippen molar-refractivity contribution in [2.24, 2.45) is 4.99 Å². The molecule has 1 rings (SSSR count). The molecule has 0 saturated carbocycles. The maximum absolute atomic E-state index is 4.02.